The van der Waals surface area contributed by atoms with Crippen molar-refractivity contribution in [1.82, 2.24) is 0 Å². The van der Waals surface area contributed by atoms with Crippen LogP contribution in [-0.2, 0) is 0 Å². The Morgan fingerprint density at radius 1 is 1.43 bits per heavy atom. The highest BCUT2D eigenvalue weighted by molar-refractivity contribution is 9.10. The van der Waals surface area contributed by atoms with E-state index in [1.54, 1.807) is 7.11 Å². The third kappa shape index (κ3) is 3.22. The molecule has 0 aromatic heterocycles. The Kier molecular flexibility index (Phi) is 4.26. The molecule has 0 amide bonds. The molecule has 0 saturated heterocycles. The van der Waals surface area contributed by atoms with Gasteiger partial charge >= 0.3 is 0 Å². The van der Waals surface area contributed by atoms with Crippen LogP contribution in [0, 0.1) is 0 Å². The van der Waals surface area contributed by atoms with Gasteiger partial charge in [0.2, 0.25) is 0 Å². The molecule has 14 heavy (non-hydrogen) atoms. The number of hydrogen-bond acceptors (Lipinski definition) is 2. The zero-order valence-corrected chi connectivity index (χ0v) is 10.4. The molecular weight excluding hydrogens is 242 g/mol. The number of benzene rings is 1. The van der Waals surface area contributed by atoms with Crippen LogP contribution in [0.4, 0.5) is 5.69 Å². The molecule has 2 nitrogen and oxygen atoms in total. The minimum atomic E-state index is 0.481. The van der Waals surface area contributed by atoms with Crippen molar-refractivity contribution in [3.05, 3.63) is 22.7 Å². The van der Waals surface area contributed by atoms with Crippen molar-refractivity contribution in [3.63, 3.8) is 0 Å². The van der Waals surface area contributed by atoms with Gasteiger partial charge in [0.05, 0.1) is 7.11 Å². The van der Waals surface area contributed by atoms with E-state index in [4.69, 9.17) is 4.74 Å². The van der Waals surface area contributed by atoms with Crippen LogP contribution in [0.3, 0.4) is 0 Å². The van der Waals surface area contributed by atoms with Gasteiger partial charge in [0.25, 0.3) is 0 Å². The average Bonchev–Trinajstić information content (AvgIpc) is 2.16. The lowest BCUT2D eigenvalue weighted by atomic mass is 10.2. The molecular formula is C11H16BrNO. The van der Waals surface area contributed by atoms with Crippen LogP contribution < -0.4 is 10.1 Å². The summed E-state index contributed by atoms with van der Waals surface area (Å²) in [5.74, 6) is 0.866. The Hall–Kier alpha value is -0.700. The molecule has 0 radical (unpaired) electrons. The van der Waals surface area contributed by atoms with Gasteiger partial charge in [0.15, 0.2) is 0 Å². The molecule has 0 aliphatic rings. The Morgan fingerprint density at radius 2 is 2.14 bits per heavy atom. The van der Waals surface area contributed by atoms with E-state index in [0.717, 1.165) is 22.3 Å². The molecule has 0 saturated carbocycles. The van der Waals surface area contributed by atoms with Gasteiger partial charge in [-0.3, -0.25) is 0 Å². The highest BCUT2D eigenvalue weighted by Crippen LogP contribution is 2.25. The largest absolute Gasteiger partial charge is 0.497 e. The second-order valence-electron chi connectivity index (χ2n) is 3.33. The molecule has 1 N–H and O–H groups in total. The van der Waals surface area contributed by atoms with Gasteiger partial charge in [-0.1, -0.05) is 22.9 Å². The number of methoxy groups -OCH3 is 1. The summed E-state index contributed by atoms with van der Waals surface area (Å²) in [5, 5.41) is 3.40. The number of rotatable bonds is 4. The third-order valence-electron chi connectivity index (χ3n) is 2.13. The van der Waals surface area contributed by atoms with Crippen molar-refractivity contribution in [2.45, 2.75) is 26.3 Å². The fourth-order valence-electron chi connectivity index (χ4n) is 1.15. The zero-order valence-electron chi connectivity index (χ0n) is 8.80. The highest BCUT2D eigenvalue weighted by Gasteiger charge is 2.02. The SMILES string of the molecule is CCC(C)Nc1cc(Br)cc(OC)c1. The van der Waals surface area contributed by atoms with Gasteiger partial charge in [0.1, 0.15) is 5.75 Å². The molecule has 1 unspecified atom stereocenters. The van der Waals surface area contributed by atoms with E-state index < -0.39 is 0 Å². The Morgan fingerprint density at radius 3 is 2.71 bits per heavy atom. The van der Waals surface area contributed by atoms with Gasteiger partial charge in [-0.25, -0.2) is 0 Å². The first-order chi connectivity index (χ1) is 6.65. The molecule has 0 bridgehead atoms. The number of halogens is 1. The smallest absolute Gasteiger partial charge is 0.122 e. The third-order valence-corrected chi connectivity index (χ3v) is 2.59. The molecule has 78 valence electrons. The molecule has 1 rings (SSSR count). The molecule has 3 heteroatoms. The second-order valence-corrected chi connectivity index (χ2v) is 4.25. The van der Waals surface area contributed by atoms with Crippen LogP contribution >= 0.6 is 15.9 Å². The molecule has 1 atom stereocenters. The minimum absolute atomic E-state index is 0.481. The maximum absolute atomic E-state index is 5.18. The van der Waals surface area contributed by atoms with Crippen molar-refractivity contribution in [1.29, 1.82) is 0 Å². The summed E-state index contributed by atoms with van der Waals surface area (Å²) >= 11 is 3.45. The number of hydrogen-bond donors (Lipinski definition) is 1. The Bertz CT molecular complexity index is 301. The first-order valence-electron chi connectivity index (χ1n) is 4.76. The van der Waals surface area contributed by atoms with Crippen molar-refractivity contribution in [2.24, 2.45) is 0 Å². The van der Waals surface area contributed by atoms with E-state index in [1.165, 1.54) is 0 Å². The molecule has 0 aliphatic carbocycles. The molecule has 0 heterocycles. The van der Waals surface area contributed by atoms with Crippen molar-refractivity contribution < 1.29 is 4.74 Å². The van der Waals surface area contributed by atoms with Crippen molar-refractivity contribution in [2.75, 3.05) is 12.4 Å². The van der Waals surface area contributed by atoms with E-state index >= 15 is 0 Å². The number of anilines is 1. The molecule has 0 spiro atoms. The number of ether oxygens (including phenoxy) is 1. The lowest BCUT2D eigenvalue weighted by Gasteiger charge is -2.14. The van der Waals surface area contributed by atoms with Crippen LogP contribution in [0.25, 0.3) is 0 Å². The summed E-state index contributed by atoms with van der Waals surface area (Å²) in [6.45, 7) is 4.32. The summed E-state index contributed by atoms with van der Waals surface area (Å²) in [7, 11) is 1.68. The summed E-state index contributed by atoms with van der Waals surface area (Å²) in [6, 6.07) is 6.47. The standard InChI is InChI=1S/C11H16BrNO/c1-4-8(2)13-10-5-9(12)6-11(7-10)14-3/h5-8,13H,4H2,1-3H3. The monoisotopic (exact) mass is 257 g/mol. The minimum Gasteiger partial charge on any atom is -0.497 e. The fourth-order valence-corrected chi connectivity index (χ4v) is 1.62. The Labute approximate surface area is 93.8 Å². The quantitative estimate of drug-likeness (QED) is 0.889. The van der Waals surface area contributed by atoms with Crippen LogP contribution in [0.1, 0.15) is 20.3 Å². The zero-order chi connectivity index (χ0) is 10.6. The van der Waals surface area contributed by atoms with E-state index in [-0.39, 0.29) is 0 Å². The topological polar surface area (TPSA) is 21.3 Å². The maximum atomic E-state index is 5.18. The Balaban J connectivity index is 2.81. The van der Waals surface area contributed by atoms with Gasteiger partial charge < -0.3 is 10.1 Å². The normalized spacial score (nSPS) is 12.3. The summed E-state index contributed by atoms with van der Waals surface area (Å²) in [4.78, 5) is 0. The molecule has 1 aromatic rings. The fraction of sp³-hybridized carbons (Fsp3) is 0.455. The summed E-state index contributed by atoms with van der Waals surface area (Å²) < 4.78 is 6.21. The van der Waals surface area contributed by atoms with Crippen molar-refractivity contribution in [3.8, 4) is 5.75 Å². The highest BCUT2D eigenvalue weighted by atomic mass is 79.9. The van der Waals surface area contributed by atoms with E-state index in [9.17, 15) is 0 Å². The summed E-state index contributed by atoms with van der Waals surface area (Å²) in [6.07, 6.45) is 1.11. The first-order valence-corrected chi connectivity index (χ1v) is 5.56. The van der Waals surface area contributed by atoms with Crippen LogP contribution in [0.5, 0.6) is 5.75 Å². The van der Waals surface area contributed by atoms with Crippen LogP contribution in [0.15, 0.2) is 22.7 Å². The maximum Gasteiger partial charge on any atom is 0.122 e. The predicted molar refractivity (Wildman–Crippen MR) is 64.1 cm³/mol. The van der Waals surface area contributed by atoms with Crippen LogP contribution in [-0.4, -0.2) is 13.2 Å². The number of nitrogens with one attached hydrogen (secondary N) is 1. The predicted octanol–water partition coefficient (Wildman–Crippen LogP) is 3.67. The summed E-state index contributed by atoms with van der Waals surface area (Å²) in [5.41, 5.74) is 1.09. The lowest BCUT2D eigenvalue weighted by molar-refractivity contribution is 0.414. The van der Waals surface area contributed by atoms with Gasteiger partial charge in [-0.2, -0.15) is 0 Å². The second kappa shape index (κ2) is 5.25. The molecule has 0 fully saturated rings. The van der Waals surface area contributed by atoms with Gasteiger partial charge in [0, 0.05) is 22.3 Å². The lowest BCUT2D eigenvalue weighted by Crippen LogP contribution is -2.13. The van der Waals surface area contributed by atoms with Gasteiger partial charge in [-0.15, -0.1) is 0 Å². The van der Waals surface area contributed by atoms with E-state index in [0.29, 0.717) is 6.04 Å². The first kappa shape index (κ1) is 11.4. The molecule has 1 aromatic carbocycles. The van der Waals surface area contributed by atoms with E-state index in [2.05, 4.69) is 41.2 Å². The van der Waals surface area contributed by atoms with E-state index in [1.807, 2.05) is 12.1 Å². The molecule has 0 aliphatic heterocycles. The van der Waals surface area contributed by atoms with Gasteiger partial charge in [-0.05, 0) is 25.5 Å². The van der Waals surface area contributed by atoms with Crippen molar-refractivity contribution >= 4 is 21.6 Å². The average molecular weight is 258 g/mol. The van der Waals surface area contributed by atoms with Crippen LogP contribution in [0.2, 0.25) is 0 Å².